The van der Waals surface area contributed by atoms with Crippen LogP contribution in [0.3, 0.4) is 0 Å². The van der Waals surface area contributed by atoms with Gasteiger partial charge in [-0.05, 0) is 53.5 Å². The van der Waals surface area contributed by atoms with Crippen LogP contribution in [0, 0.1) is 6.92 Å². The number of hydrazine groups is 1. The maximum absolute atomic E-state index is 13.5. The van der Waals surface area contributed by atoms with Gasteiger partial charge in [-0.1, -0.05) is 121 Å². The highest BCUT2D eigenvalue weighted by Gasteiger charge is 2.29. The molecule has 1 unspecified atom stereocenters. The fourth-order valence-corrected chi connectivity index (χ4v) is 4.60. The lowest BCUT2D eigenvalue weighted by molar-refractivity contribution is -0.117. The molecule has 5 aromatic carbocycles. The Morgan fingerprint density at radius 1 is 0.651 bits per heavy atom. The molecule has 5 aromatic rings. The van der Waals surface area contributed by atoms with Gasteiger partial charge in [0.15, 0.2) is 5.78 Å². The number of carbonyl (C=O) groups excluding carboxylic acids is 3. The van der Waals surface area contributed by atoms with Crippen molar-refractivity contribution in [2.24, 2.45) is 0 Å². The van der Waals surface area contributed by atoms with Gasteiger partial charge in [-0.15, -0.1) is 0 Å². The van der Waals surface area contributed by atoms with Gasteiger partial charge in [0, 0.05) is 17.3 Å². The summed E-state index contributed by atoms with van der Waals surface area (Å²) in [6, 6.07) is 41.1. The highest BCUT2D eigenvalue weighted by molar-refractivity contribution is 6.17. The Labute approximate surface area is 251 Å². The van der Waals surface area contributed by atoms with Gasteiger partial charge in [-0.3, -0.25) is 25.2 Å². The molecule has 0 radical (unpaired) electrons. The molecule has 1 atom stereocenters. The number of rotatable bonds is 10. The zero-order chi connectivity index (χ0) is 30.0. The fraction of sp³-hybridized carbons (Fsp3) is 0.0541. The first-order chi connectivity index (χ1) is 21.0. The molecule has 0 aromatic heterocycles. The lowest BCUT2D eigenvalue weighted by atomic mass is 9.89. The average Bonchev–Trinajstić information content (AvgIpc) is 3.05. The van der Waals surface area contributed by atoms with Crippen molar-refractivity contribution in [1.29, 1.82) is 0 Å². The molecule has 43 heavy (non-hydrogen) atoms. The van der Waals surface area contributed by atoms with Gasteiger partial charge in [0.1, 0.15) is 5.92 Å². The van der Waals surface area contributed by atoms with Crippen molar-refractivity contribution < 1.29 is 14.4 Å². The van der Waals surface area contributed by atoms with E-state index in [1.165, 1.54) is 6.08 Å². The number of nitrogens with one attached hydrogen (secondary N) is 3. The van der Waals surface area contributed by atoms with E-state index in [9.17, 15) is 14.4 Å². The number of hydrogen-bond donors (Lipinski definition) is 3. The third-order valence-corrected chi connectivity index (χ3v) is 6.90. The molecule has 6 heteroatoms. The molecule has 212 valence electrons. The Hall–Kier alpha value is -5.75. The van der Waals surface area contributed by atoms with E-state index in [1.54, 1.807) is 66.7 Å². The third kappa shape index (κ3) is 7.71. The largest absolute Gasteiger partial charge is 0.325 e. The Bertz CT molecular complexity index is 1730. The van der Waals surface area contributed by atoms with Crippen LogP contribution in [-0.4, -0.2) is 17.6 Å². The van der Waals surface area contributed by atoms with Crippen molar-refractivity contribution in [2.45, 2.75) is 12.8 Å². The molecule has 0 heterocycles. The van der Waals surface area contributed by atoms with Crippen LogP contribution in [0.1, 0.15) is 33.0 Å². The van der Waals surface area contributed by atoms with Crippen molar-refractivity contribution in [2.75, 3.05) is 10.7 Å². The first-order valence-electron chi connectivity index (χ1n) is 13.9. The van der Waals surface area contributed by atoms with Gasteiger partial charge in [0.25, 0.3) is 5.91 Å². The van der Waals surface area contributed by atoms with Gasteiger partial charge in [0.2, 0.25) is 5.91 Å². The van der Waals surface area contributed by atoms with E-state index in [4.69, 9.17) is 0 Å². The number of hydrogen-bond acceptors (Lipinski definition) is 4. The molecular weight excluding hydrogens is 534 g/mol. The summed E-state index contributed by atoms with van der Waals surface area (Å²) in [4.78, 5) is 39.4. The monoisotopic (exact) mass is 565 g/mol. The second-order valence-electron chi connectivity index (χ2n) is 10.1. The van der Waals surface area contributed by atoms with Crippen LogP contribution in [0.15, 0.2) is 140 Å². The van der Waals surface area contributed by atoms with Crippen LogP contribution in [0.5, 0.6) is 0 Å². The van der Waals surface area contributed by atoms with E-state index in [0.29, 0.717) is 22.5 Å². The Morgan fingerprint density at radius 3 is 1.98 bits per heavy atom. The van der Waals surface area contributed by atoms with Gasteiger partial charge >= 0.3 is 0 Å². The predicted molar refractivity (Wildman–Crippen MR) is 172 cm³/mol. The minimum atomic E-state index is -1.02. The number of amides is 2. The summed E-state index contributed by atoms with van der Waals surface area (Å²) in [5.41, 5.74) is 11.8. The summed E-state index contributed by atoms with van der Waals surface area (Å²) in [6.45, 7) is 1.95. The molecule has 0 aliphatic carbocycles. The normalized spacial score (nSPS) is 11.5. The fourth-order valence-electron chi connectivity index (χ4n) is 4.60. The minimum Gasteiger partial charge on any atom is -0.325 e. The van der Waals surface area contributed by atoms with E-state index in [1.807, 2.05) is 67.6 Å². The number of ketones is 1. The predicted octanol–water partition coefficient (Wildman–Crippen LogP) is 7.42. The molecule has 0 spiro atoms. The van der Waals surface area contributed by atoms with Crippen molar-refractivity contribution in [1.82, 2.24) is 5.43 Å². The maximum atomic E-state index is 13.5. The molecule has 3 N–H and O–H groups in total. The van der Waals surface area contributed by atoms with E-state index in [2.05, 4.69) is 28.3 Å². The van der Waals surface area contributed by atoms with Gasteiger partial charge in [0.05, 0.1) is 5.69 Å². The molecule has 0 aliphatic heterocycles. The molecule has 0 fully saturated rings. The van der Waals surface area contributed by atoms with Crippen LogP contribution >= 0.6 is 0 Å². The van der Waals surface area contributed by atoms with E-state index in [-0.39, 0.29) is 11.7 Å². The van der Waals surface area contributed by atoms with Gasteiger partial charge in [-0.25, -0.2) is 0 Å². The maximum Gasteiger partial charge on any atom is 0.262 e. The smallest absolute Gasteiger partial charge is 0.262 e. The standard InChI is InChI=1S/C37H31N3O3/c1-26-15-20-30(21-16-26)35(36(42)31-11-6-3-7-12-31)37(43)38-32-13-8-14-33(25-32)39-40-34(41)24-19-27-17-22-29(23-18-27)28-9-4-2-5-10-28/h2-25,35,39H,1H3,(H,38,43)(H,40,41)/b24-19+. The molecule has 6 nitrogen and oxygen atoms in total. The lowest BCUT2D eigenvalue weighted by Crippen LogP contribution is -2.29. The molecule has 0 bridgehead atoms. The van der Waals surface area contributed by atoms with Crippen molar-refractivity contribution in [3.63, 3.8) is 0 Å². The van der Waals surface area contributed by atoms with E-state index in [0.717, 1.165) is 22.3 Å². The molecule has 5 rings (SSSR count). The first-order valence-corrected chi connectivity index (χ1v) is 13.9. The summed E-state index contributed by atoms with van der Waals surface area (Å²) in [6.07, 6.45) is 3.18. The second kappa shape index (κ2) is 13.7. The van der Waals surface area contributed by atoms with Crippen molar-refractivity contribution in [3.8, 4) is 11.1 Å². The highest BCUT2D eigenvalue weighted by atomic mass is 16.2. The summed E-state index contributed by atoms with van der Waals surface area (Å²) >= 11 is 0. The molecule has 2 amide bonds. The van der Waals surface area contributed by atoms with E-state index >= 15 is 0 Å². The zero-order valence-corrected chi connectivity index (χ0v) is 23.7. The summed E-state index contributed by atoms with van der Waals surface area (Å²) in [5.74, 6) is -2.09. The Kier molecular flexibility index (Phi) is 9.19. The average molecular weight is 566 g/mol. The van der Waals surface area contributed by atoms with Crippen molar-refractivity contribution >= 4 is 35.0 Å². The van der Waals surface area contributed by atoms with Gasteiger partial charge in [-0.2, -0.15) is 0 Å². The number of Topliss-reactive ketones (excluding diaryl/α,β-unsaturated/α-hetero) is 1. The molecule has 0 saturated carbocycles. The molecule has 0 aliphatic rings. The van der Waals surface area contributed by atoms with Crippen LogP contribution in [0.4, 0.5) is 11.4 Å². The lowest BCUT2D eigenvalue weighted by Gasteiger charge is -2.17. The van der Waals surface area contributed by atoms with Crippen molar-refractivity contribution in [3.05, 3.63) is 162 Å². The summed E-state index contributed by atoms with van der Waals surface area (Å²) < 4.78 is 0. The molecular formula is C37H31N3O3. The second-order valence-corrected chi connectivity index (χ2v) is 10.1. The quantitative estimate of drug-likeness (QED) is 0.0712. The highest BCUT2D eigenvalue weighted by Crippen LogP contribution is 2.25. The van der Waals surface area contributed by atoms with Crippen LogP contribution in [0.2, 0.25) is 0 Å². The number of aryl methyl sites for hydroxylation is 1. The summed E-state index contributed by atoms with van der Waals surface area (Å²) in [5, 5.41) is 2.87. The minimum absolute atomic E-state index is 0.287. The van der Waals surface area contributed by atoms with Crippen LogP contribution in [-0.2, 0) is 9.59 Å². The van der Waals surface area contributed by atoms with Gasteiger partial charge < -0.3 is 5.32 Å². The summed E-state index contributed by atoms with van der Waals surface area (Å²) in [7, 11) is 0. The van der Waals surface area contributed by atoms with Crippen LogP contribution in [0.25, 0.3) is 17.2 Å². The Morgan fingerprint density at radius 2 is 1.28 bits per heavy atom. The SMILES string of the molecule is Cc1ccc(C(C(=O)Nc2cccc(NNC(=O)/C=C/c3ccc(-c4ccccc4)cc3)c2)C(=O)c2ccccc2)cc1. The van der Waals surface area contributed by atoms with E-state index < -0.39 is 11.8 Å². The third-order valence-electron chi connectivity index (χ3n) is 6.90. The number of anilines is 2. The topological polar surface area (TPSA) is 87.3 Å². The number of benzene rings is 5. The van der Waals surface area contributed by atoms with Crippen LogP contribution < -0.4 is 16.2 Å². The zero-order valence-electron chi connectivity index (χ0n) is 23.7. The molecule has 0 saturated heterocycles. The first kappa shape index (κ1) is 28.8. The number of carbonyl (C=O) groups is 3. The Balaban J connectivity index is 1.21.